The molecule has 126 valence electrons. The van der Waals surface area contributed by atoms with E-state index in [1.807, 2.05) is 60.8 Å². The van der Waals surface area contributed by atoms with Crippen molar-refractivity contribution >= 4 is 28.4 Å². The van der Waals surface area contributed by atoms with E-state index in [2.05, 4.69) is 10.3 Å². The molecule has 25 heavy (non-hydrogen) atoms. The molecule has 2 heterocycles. The molecule has 2 amide bonds. The Labute approximate surface area is 145 Å². The van der Waals surface area contributed by atoms with Crippen molar-refractivity contribution < 1.29 is 9.59 Å². The van der Waals surface area contributed by atoms with Gasteiger partial charge in [-0.25, -0.2) is 0 Å². The summed E-state index contributed by atoms with van der Waals surface area (Å²) in [5.41, 5.74) is 2.95. The van der Waals surface area contributed by atoms with Crippen LogP contribution in [0.15, 0.2) is 60.8 Å². The van der Waals surface area contributed by atoms with Gasteiger partial charge in [0.25, 0.3) is 0 Å². The van der Waals surface area contributed by atoms with Crippen molar-refractivity contribution in [3.63, 3.8) is 0 Å². The molecule has 5 heteroatoms. The third-order valence-corrected chi connectivity index (χ3v) is 4.69. The molecule has 1 aromatic heterocycles. The smallest absolute Gasteiger partial charge is 0.227 e. The van der Waals surface area contributed by atoms with Crippen LogP contribution < -0.4 is 10.2 Å². The highest BCUT2D eigenvalue weighted by atomic mass is 16.2. The first-order chi connectivity index (χ1) is 12.2. The van der Waals surface area contributed by atoms with Crippen LogP contribution in [0.3, 0.4) is 0 Å². The van der Waals surface area contributed by atoms with Gasteiger partial charge < -0.3 is 15.2 Å². The molecule has 4 rings (SSSR count). The first-order valence-electron chi connectivity index (χ1n) is 8.40. The Hall–Kier alpha value is -3.08. The zero-order valence-electron chi connectivity index (χ0n) is 13.7. The number of H-pyrrole nitrogens is 1. The number of benzene rings is 2. The predicted molar refractivity (Wildman–Crippen MR) is 97.0 cm³/mol. The van der Waals surface area contributed by atoms with Gasteiger partial charge in [0.2, 0.25) is 11.8 Å². The maximum absolute atomic E-state index is 12.5. The minimum Gasteiger partial charge on any atom is -0.361 e. The lowest BCUT2D eigenvalue weighted by molar-refractivity contribution is -0.126. The van der Waals surface area contributed by atoms with Gasteiger partial charge in [0, 0.05) is 42.3 Å². The largest absolute Gasteiger partial charge is 0.361 e. The average Bonchev–Trinajstić information content (AvgIpc) is 3.24. The Balaban J connectivity index is 1.41. The summed E-state index contributed by atoms with van der Waals surface area (Å²) in [7, 11) is 0. The Morgan fingerprint density at radius 3 is 2.72 bits per heavy atom. The summed E-state index contributed by atoms with van der Waals surface area (Å²) in [6.45, 7) is 0.890. The van der Waals surface area contributed by atoms with Crippen LogP contribution in [0, 0.1) is 5.92 Å². The first kappa shape index (κ1) is 15.4. The molecule has 1 saturated heterocycles. The second-order valence-corrected chi connectivity index (χ2v) is 6.32. The van der Waals surface area contributed by atoms with Gasteiger partial charge in [-0.05, 0) is 23.8 Å². The minimum atomic E-state index is -0.307. The molecule has 1 atom stereocenters. The number of aromatic amines is 1. The second kappa shape index (κ2) is 6.43. The Bertz CT molecular complexity index is 917. The van der Waals surface area contributed by atoms with Crippen LogP contribution in [0.25, 0.3) is 10.9 Å². The monoisotopic (exact) mass is 333 g/mol. The zero-order chi connectivity index (χ0) is 17.2. The van der Waals surface area contributed by atoms with Gasteiger partial charge in [0.15, 0.2) is 0 Å². The minimum absolute atomic E-state index is 0.00144. The second-order valence-electron chi connectivity index (χ2n) is 6.32. The molecular formula is C20H19N3O2. The normalized spacial score (nSPS) is 17.2. The topological polar surface area (TPSA) is 65.2 Å². The van der Waals surface area contributed by atoms with Crippen LogP contribution in [-0.2, 0) is 16.1 Å². The number of nitrogens with zero attached hydrogens (tertiary/aromatic N) is 1. The van der Waals surface area contributed by atoms with E-state index in [1.165, 1.54) is 0 Å². The van der Waals surface area contributed by atoms with Crippen LogP contribution in [0.4, 0.5) is 5.69 Å². The Kier molecular flexibility index (Phi) is 3.98. The molecule has 0 radical (unpaired) electrons. The molecule has 1 aliphatic heterocycles. The first-order valence-corrected chi connectivity index (χ1v) is 8.40. The van der Waals surface area contributed by atoms with Crippen LogP contribution in [-0.4, -0.2) is 23.3 Å². The molecule has 0 aliphatic carbocycles. The number of anilines is 1. The lowest BCUT2D eigenvalue weighted by atomic mass is 10.1. The van der Waals surface area contributed by atoms with Crippen molar-refractivity contribution in [2.75, 3.05) is 11.4 Å². The number of rotatable bonds is 4. The standard InChI is InChI=1S/C20H19N3O2/c24-19-10-14(13-23(19)16-6-2-1-3-7-16)20(25)22-12-15-11-21-18-9-5-4-8-17(15)18/h1-9,11,14,21H,10,12-13H2,(H,22,25). The summed E-state index contributed by atoms with van der Waals surface area (Å²) >= 11 is 0. The Morgan fingerprint density at radius 1 is 1.12 bits per heavy atom. The fourth-order valence-corrected chi connectivity index (χ4v) is 3.35. The van der Waals surface area contributed by atoms with Crippen LogP contribution in [0.1, 0.15) is 12.0 Å². The van der Waals surface area contributed by atoms with Gasteiger partial charge in [-0.2, -0.15) is 0 Å². The van der Waals surface area contributed by atoms with E-state index in [9.17, 15) is 9.59 Å². The fraction of sp³-hybridized carbons (Fsp3) is 0.200. The number of hydrogen-bond acceptors (Lipinski definition) is 2. The number of nitrogens with one attached hydrogen (secondary N) is 2. The molecular weight excluding hydrogens is 314 g/mol. The van der Waals surface area contributed by atoms with Crippen LogP contribution in [0.2, 0.25) is 0 Å². The van der Waals surface area contributed by atoms with E-state index < -0.39 is 0 Å². The highest BCUT2D eigenvalue weighted by molar-refractivity contribution is 6.00. The number of para-hydroxylation sites is 2. The molecule has 1 fully saturated rings. The molecule has 2 aromatic carbocycles. The lowest BCUT2D eigenvalue weighted by Gasteiger charge is -2.16. The number of carbonyl (C=O) groups excluding carboxylic acids is 2. The summed E-state index contributed by atoms with van der Waals surface area (Å²) in [4.78, 5) is 29.6. The van der Waals surface area contributed by atoms with Crippen molar-refractivity contribution in [3.8, 4) is 0 Å². The fourth-order valence-electron chi connectivity index (χ4n) is 3.35. The van der Waals surface area contributed by atoms with E-state index in [0.717, 1.165) is 22.2 Å². The predicted octanol–water partition coefficient (Wildman–Crippen LogP) is 2.84. The summed E-state index contributed by atoms with van der Waals surface area (Å²) in [6.07, 6.45) is 2.18. The summed E-state index contributed by atoms with van der Waals surface area (Å²) in [5, 5.41) is 4.08. The maximum Gasteiger partial charge on any atom is 0.227 e. The molecule has 0 spiro atoms. The molecule has 3 aromatic rings. The van der Waals surface area contributed by atoms with Crippen molar-refractivity contribution in [3.05, 3.63) is 66.4 Å². The Morgan fingerprint density at radius 2 is 1.88 bits per heavy atom. The summed E-state index contributed by atoms with van der Waals surface area (Å²) in [5.74, 6) is -0.381. The van der Waals surface area contributed by atoms with Gasteiger partial charge >= 0.3 is 0 Å². The van der Waals surface area contributed by atoms with E-state index in [0.29, 0.717) is 13.1 Å². The summed E-state index contributed by atoms with van der Waals surface area (Å²) in [6, 6.07) is 17.5. The van der Waals surface area contributed by atoms with Gasteiger partial charge in [-0.1, -0.05) is 36.4 Å². The highest BCUT2D eigenvalue weighted by Crippen LogP contribution is 2.25. The van der Waals surface area contributed by atoms with Gasteiger partial charge in [0.1, 0.15) is 0 Å². The van der Waals surface area contributed by atoms with E-state index in [4.69, 9.17) is 0 Å². The molecule has 1 aliphatic rings. The number of aromatic nitrogens is 1. The third-order valence-electron chi connectivity index (χ3n) is 4.69. The van der Waals surface area contributed by atoms with Gasteiger partial charge in [0.05, 0.1) is 5.92 Å². The third kappa shape index (κ3) is 3.01. The van der Waals surface area contributed by atoms with Gasteiger partial charge in [-0.15, -0.1) is 0 Å². The number of hydrogen-bond donors (Lipinski definition) is 2. The average molecular weight is 333 g/mol. The number of fused-ring (bicyclic) bond motifs is 1. The van der Waals surface area contributed by atoms with Crippen LogP contribution in [0.5, 0.6) is 0 Å². The van der Waals surface area contributed by atoms with Crippen molar-refractivity contribution in [1.82, 2.24) is 10.3 Å². The molecule has 0 bridgehead atoms. The van der Waals surface area contributed by atoms with Crippen molar-refractivity contribution in [1.29, 1.82) is 0 Å². The molecule has 2 N–H and O–H groups in total. The quantitative estimate of drug-likeness (QED) is 0.771. The maximum atomic E-state index is 12.5. The molecule has 5 nitrogen and oxygen atoms in total. The molecule has 0 saturated carbocycles. The van der Waals surface area contributed by atoms with Crippen molar-refractivity contribution in [2.45, 2.75) is 13.0 Å². The van der Waals surface area contributed by atoms with E-state index in [1.54, 1.807) is 4.90 Å². The number of amides is 2. The van der Waals surface area contributed by atoms with E-state index in [-0.39, 0.29) is 24.2 Å². The molecule has 1 unspecified atom stereocenters. The van der Waals surface area contributed by atoms with Crippen LogP contribution >= 0.6 is 0 Å². The number of carbonyl (C=O) groups is 2. The lowest BCUT2D eigenvalue weighted by Crippen LogP contribution is -2.32. The highest BCUT2D eigenvalue weighted by Gasteiger charge is 2.34. The van der Waals surface area contributed by atoms with Crippen molar-refractivity contribution in [2.24, 2.45) is 5.92 Å². The summed E-state index contributed by atoms with van der Waals surface area (Å²) < 4.78 is 0. The van der Waals surface area contributed by atoms with Gasteiger partial charge in [-0.3, -0.25) is 9.59 Å². The zero-order valence-corrected chi connectivity index (χ0v) is 13.7. The van der Waals surface area contributed by atoms with E-state index >= 15 is 0 Å². The SMILES string of the molecule is O=C(NCc1c[nH]c2ccccc12)C1CC(=O)N(c2ccccc2)C1.